The highest BCUT2D eigenvalue weighted by molar-refractivity contribution is 5.72. The van der Waals surface area contributed by atoms with E-state index in [2.05, 4.69) is 12.1 Å². The van der Waals surface area contributed by atoms with Crippen LogP contribution in [0.3, 0.4) is 0 Å². The van der Waals surface area contributed by atoms with Crippen LogP contribution >= 0.6 is 0 Å². The normalized spacial score (nSPS) is 10.4. The SMILES string of the molecule is O=C(CCCCc1ccccc1)Oc1ccc(OCc2ccccc2)cc1. The van der Waals surface area contributed by atoms with E-state index in [1.807, 2.05) is 60.7 Å². The molecule has 0 heterocycles. The van der Waals surface area contributed by atoms with E-state index in [1.165, 1.54) is 5.56 Å². The van der Waals surface area contributed by atoms with Crippen LogP contribution in [0.15, 0.2) is 84.9 Å². The van der Waals surface area contributed by atoms with E-state index in [9.17, 15) is 4.79 Å². The highest BCUT2D eigenvalue weighted by Gasteiger charge is 2.05. The summed E-state index contributed by atoms with van der Waals surface area (Å²) in [6.45, 7) is 0.515. The molecule has 0 amide bonds. The zero-order valence-electron chi connectivity index (χ0n) is 15.3. The molecule has 0 saturated heterocycles. The van der Waals surface area contributed by atoms with Crippen LogP contribution in [0.25, 0.3) is 0 Å². The molecule has 3 nitrogen and oxygen atoms in total. The van der Waals surface area contributed by atoms with Crippen molar-refractivity contribution in [3.8, 4) is 11.5 Å². The predicted octanol–water partition coefficient (Wildman–Crippen LogP) is 5.58. The fourth-order valence-corrected chi connectivity index (χ4v) is 2.77. The summed E-state index contributed by atoms with van der Waals surface area (Å²) in [6, 6.07) is 27.5. The minimum Gasteiger partial charge on any atom is -0.489 e. The summed E-state index contributed by atoms with van der Waals surface area (Å²) in [5, 5.41) is 0. The largest absolute Gasteiger partial charge is 0.489 e. The summed E-state index contributed by atoms with van der Waals surface area (Å²) in [5.41, 5.74) is 2.42. The molecule has 0 saturated carbocycles. The Labute approximate surface area is 160 Å². The van der Waals surface area contributed by atoms with Gasteiger partial charge in [-0.2, -0.15) is 0 Å². The lowest BCUT2D eigenvalue weighted by atomic mass is 10.1. The molecule has 3 heteroatoms. The molecule has 138 valence electrons. The van der Waals surface area contributed by atoms with Crippen molar-refractivity contribution < 1.29 is 14.3 Å². The third-order valence-corrected chi connectivity index (χ3v) is 4.24. The molecule has 3 aromatic rings. The van der Waals surface area contributed by atoms with Crippen molar-refractivity contribution in [1.29, 1.82) is 0 Å². The second kappa shape index (κ2) is 10.2. The quantitative estimate of drug-likeness (QED) is 0.284. The van der Waals surface area contributed by atoms with Gasteiger partial charge < -0.3 is 9.47 Å². The molecule has 0 spiro atoms. The molecular formula is C24H24O3. The summed E-state index contributed by atoms with van der Waals surface area (Å²) in [5.74, 6) is 1.11. The van der Waals surface area contributed by atoms with E-state index < -0.39 is 0 Å². The molecule has 0 N–H and O–H groups in total. The fourth-order valence-electron chi connectivity index (χ4n) is 2.77. The maximum Gasteiger partial charge on any atom is 0.311 e. The van der Waals surface area contributed by atoms with Crippen molar-refractivity contribution in [2.75, 3.05) is 0 Å². The van der Waals surface area contributed by atoms with Crippen LogP contribution in [0.5, 0.6) is 11.5 Å². The Balaban J connectivity index is 1.36. The Morgan fingerprint density at radius 2 is 1.26 bits per heavy atom. The van der Waals surface area contributed by atoms with Crippen molar-refractivity contribution in [3.05, 3.63) is 96.1 Å². The van der Waals surface area contributed by atoms with Gasteiger partial charge in [-0.05, 0) is 54.7 Å². The lowest BCUT2D eigenvalue weighted by Crippen LogP contribution is -2.07. The zero-order chi connectivity index (χ0) is 18.7. The molecule has 0 fully saturated rings. The molecule has 27 heavy (non-hydrogen) atoms. The Morgan fingerprint density at radius 3 is 1.93 bits per heavy atom. The van der Waals surface area contributed by atoms with Gasteiger partial charge in [-0.3, -0.25) is 4.79 Å². The summed E-state index contributed by atoms with van der Waals surface area (Å²) < 4.78 is 11.1. The van der Waals surface area contributed by atoms with Crippen LogP contribution < -0.4 is 9.47 Å². The summed E-state index contributed by atoms with van der Waals surface area (Å²) in [4.78, 5) is 12.0. The highest BCUT2D eigenvalue weighted by Crippen LogP contribution is 2.19. The second-order valence-corrected chi connectivity index (χ2v) is 6.41. The van der Waals surface area contributed by atoms with Crippen molar-refractivity contribution in [1.82, 2.24) is 0 Å². The van der Waals surface area contributed by atoms with E-state index in [1.54, 1.807) is 12.1 Å². The van der Waals surface area contributed by atoms with Gasteiger partial charge in [0.1, 0.15) is 18.1 Å². The zero-order valence-corrected chi connectivity index (χ0v) is 15.3. The number of aryl methyl sites for hydroxylation is 1. The monoisotopic (exact) mass is 360 g/mol. The number of benzene rings is 3. The number of rotatable bonds is 9. The maximum absolute atomic E-state index is 12.0. The topological polar surface area (TPSA) is 35.5 Å². The Bertz CT molecular complexity index is 811. The number of carbonyl (C=O) groups excluding carboxylic acids is 1. The number of esters is 1. The first-order valence-electron chi connectivity index (χ1n) is 9.31. The molecule has 0 unspecified atom stereocenters. The van der Waals surface area contributed by atoms with Crippen molar-refractivity contribution in [2.45, 2.75) is 32.3 Å². The molecule has 0 aliphatic carbocycles. The fraction of sp³-hybridized carbons (Fsp3) is 0.208. The molecular weight excluding hydrogens is 336 g/mol. The Morgan fingerprint density at radius 1 is 0.667 bits per heavy atom. The minimum absolute atomic E-state index is 0.194. The third kappa shape index (κ3) is 6.63. The van der Waals surface area contributed by atoms with Gasteiger partial charge >= 0.3 is 5.97 Å². The minimum atomic E-state index is -0.194. The third-order valence-electron chi connectivity index (χ3n) is 4.24. The van der Waals surface area contributed by atoms with Gasteiger partial charge in [0.05, 0.1) is 0 Å². The molecule has 0 atom stereocenters. The predicted molar refractivity (Wildman–Crippen MR) is 107 cm³/mol. The Hall–Kier alpha value is -3.07. The van der Waals surface area contributed by atoms with E-state index in [-0.39, 0.29) is 5.97 Å². The van der Waals surface area contributed by atoms with Crippen LogP contribution in [0.4, 0.5) is 0 Å². The van der Waals surface area contributed by atoms with Gasteiger partial charge in [0.25, 0.3) is 0 Å². The Kier molecular flexibility index (Phi) is 7.05. The molecule has 0 aliphatic heterocycles. The van der Waals surface area contributed by atoms with Gasteiger partial charge in [-0.25, -0.2) is 0 Å². The standard InChI is InChI=1S/C24H24O3/c25-24(14-8-7-11-20-9-3-1-4-10-20)27-23-17-15-22(16-18-23)26-19-21-12-5-2-6-13-21/h1-6,9-10,12-13,15-18H,7-8,11,14,19H2. The van der Waals surface area contributed by atoms with Crippen LogP contribution in [-0.2, 0) is 17.8 Å². The second-order valence-electron chi connectivity index (χ2n) is 6.41. The molecule has 3 rings (SSSR count). The van der Waals surface area contributed by atoms with E-state index in [0.717, 1.165) is 30.6 Å². The summed E-state index contributed by atoms with van der Waals surface area (Å²) >= 11 is 0. The van der Waals surface area contributed by atoms with Gasteiger partial charge in [0.2, 0.25) is 0 Å². The van der Waals surface area contributed by atoms with Crippen LogP contribution in [0.1, 0.15) is 30.4 Å². The number of hydrogen-bond acceptors (Lipinski definition) is 3. The molecule has 0 aromatic heterocycles. The summed E-state index contributed by atoms with van der Waals surface area (Å²) in [7, 11) is 0. The van der Waals surface area contributed by atoms with E-state index in [4.69, 9.17) is 9.47 Å². The van der Waals surface area contributed by atoms with Gasteiger partial charge in [-0.1, -0.05) is 60.7 Å². The first-order chi connectivity index (χ1) is 13.3. The smallest absolute Gasteiger partial charge is 0.311 e. The van der Waals surface area contributed by atoms with E-state index in [0.29, 0.717) is 18.8 Å². The highest BCUT2D eigenvalue weighted by atomic mass is 16.5. The van der Waals surface area contributed by atoms with Crippen molar-refractivity contribution in [3.63, 3.8) is 0 Å². The average molecular weight is 360 g/mol. The van der Waals surface area contributed by atoms with Gasteiger partial charge in [0, 0.05) is 6.42 Å². The summed E-state index contributed by atoms with van der Waals surface area (Å²) in [6.07, 6.45) is 3.22. The van der Waals surface area contributed by atoms with Crippen LogP contribution in [0.2, 0.25) is 0 Å². The van der Waals surface area contributed by atoms with Crippen LogP contribution in [-0.4, -0.2) is 5.97 Å². The lowest BCUT2D eigenvalue weighted by molar-refractivity contribution is -0.134. The number of carbonyl (C=O) groups is 1. The first-order valence-corrected chi connectivity index (χ1v) is 9.31. The lowest BCUT2D eigenvalue weighted by Gasteiger charge is -2.08. The molecule has 0 bridgehead atoms. The number of ether oxygens (including phenoxy) is 2. The van der Waals surface area contributed by atoms with Gasteiger partial charge in [0.15, 0.2) is 0 Å². The first kappa shape index (κ1) is 18.7. The van der Waals surface area contributed by atoms with Crippen LogP contribution in [0, 0.1) is 0 Å². The van der Waals surface area contributed by atoms with E-state index >= 15 is 0 Å². The van der Waals surface area contributed by atoms with Crippen molar-refractivity contribution >= 4 is 5.97 Å². The molecule has 3 aromatic carbocycles. The molecule has 0 radical (unpaired) electrons. The van der Waals surface area contributed by atoms with Gasteiger partial charge in [-0.15, -0.1) is 0 Å². The average Bonchev–Trinajstić information content (AvgIpc) is 2.72. The number of hydrogen-bond donors (Lipinski definition) is 0. The maximum atomic E-state index is 12.0. The number of unbranched alkanes of at least 4 members (excludes halogenated alkanes) is 1. The molecule has 0 aliphatic rings. The van der Waals surface area contributed by atoms with Crippen molar-refractivity contribution in [2.24, 2.45) is 0 Å².